The van der Waals surface area contributed by atoms with E-state index in [2.05, 4.69) is 27.9 Å². The van der Waals surface area contributed by atoms with Crippen molar-refractivity contribution in [1.82, 2.24) is 14.7 Å². The molecule has 2 aliphatic rings. The van der Waals surface area contributed by atoms with Crippen LogP contribution in [0.15, 0.2) is 53.3 Å². The monoisotopic (exact) mass is 425 g/mol. The van der Waals surface area contributed by atoms with Gasteiger partial charge in [0.05, 0.1) is 11.7 Å². The van der Waals surface area contributed by atoms with Gasteiger partial charge in [-0.1, -0.05) is 24.3 Å². The van der Waals surface area contributed by atoms with Crippen LogP contribution in [0.2, 0.25) is 0 Å². The predicted octanol–water partition coefficient (Wildman–Crippen LogP) is 3.21. The fourth-order valence-electron chi connectivity index (χ4n) is 4.68. The highest BCUT2D eigenvalue weighted by molar-refractivity contribution is 7.88. The molecule has 3 aromatic rings. The fourth-order valence-corrected chi connectivity index (χ4v) is 5.49. The van der Waals surface area contributed by atoms with E-state index in [0.29, 0.717) is 23.9 Å². The van der Waals surface area contributed by atoms with E-state index in [1.807, 2.05) is 18.2 Å². The molecule has 1 aliphatic carbocycles. The van der Waals surface area contributed by atoms with E-state index in [-0.39, 0.29) is 18.1 Å². The number of fused-ring (bicyclic) bond motifs is 7. The molecule has 4 bridgehead atoms. The predicted molar refractivity (Wildman–Crippen MR) is 112 cm³/mol. The minimum atomic E-state index is -3.28. The third-order valence-electron chi connectivity index (χ3n) is 5.90. The van der Waals surface area contributed by atoms with Crippen molar-refractivity contribution in [3.63, 3.8) is 0 Å². The number of aromatic nitrogens is 2. The van der Waals surface area contributed by atoms with Crippen molar-refractivity contribution in [3.8, 4) is 17.0 Å². The Morgan fingerprint density at radius 3 is 3.00 bits per heavy atom. The second-order valence-corrected chi connectivity index (χ2v) is 10.1. The molecule has 1 aliphatic heterocycles. The van der Waals surface area contributed by atoms with Gasteiger partial charge in [0.1, 0.15) is 18.6 Å². The normalized spacial score (nSPS) is 23.3. The van der Waals surface area contributed by atoms with Gasteiger partial charge in [-0.2, -0.15) is 0 Å². The maximum atomic E-state index is 11.8. The van der Waals surface area contributed by atoms with E-state index in [4.69, 9.17) is 14.1 Å². The minimum absolute atomic E-state index is 0.132. The third-order valence-corrected chi connectivity index (χ3v) is 6.66. The Morgan fingerprint density at radius 1 is 1.23 bits per heavy atom. The van der Waals surface area contributed by atoms with Gasteiger partial charge in [0.15, 0.2) is 0 Å². The van der Waals surface area contributed by atoms with E-state index < -0.39 is 10.0 Å². The SMILES string of the molecule is CS(=O)(=O)N[C@H]1CC[C@@]2(Cc3cccc(c3)-c3cccnc3OCc3coc2n3)C1. The maximum absolute atomic E-state index is 11.8. The van der Waals surface area contributed by atoms with Gasteiger partial charge in [0, 0.05) is 17.8 Å². The van der Waals surface area contributed by atoms with Gasteiger partial charge in [-0.3, -0.25) is 0 Å². The average molecular weight is 426 g/mol. The van der Waals surface area contributed by atoms with Crippen LogP contribution in [0.25, 0.3) is 11.1 Å². The van der Waals surface area contributed by atoms with Gasteiger partial charge < -0.3 is 9.15 Å². The van der Waals surface area contributed by atoms with Crippen molar-refractivity contribution < 1.29 is 17.6 Å². The summed E-state index contributed by atoms with van der Waals surface area (Å²) in [6.07, 6.45) is 7.45. The van der Waals surface area contributed by atoms with Crippen LogP contribution in [0.3, 0.4) is 0 Å². The highest BCUT2D eigenvalue weighted by Gasteiger charge is 2.45. The standard InChI is InChI=1S/C22H23N3O4S/c1-30(26,27)25-17-7-8-22(12-17)11-15-4-2-5-16(10-15)19-6-3-9-23-20(19)28-13-18-14-29-21(22)24-18/h2-6,9-10,14,17,25H,7-8,11-13H2,1H3/t17-,22+/m0/s1. The second-order valence-electron chi connectivity index (χ2n) is 8.28. The molecule has 1 fully saturated rings. The number of nitrogens with zero attached hydrogens (tertiary/aromatic N) is 2. The lowest BCUT2D eigenvalue weighted by atomic mass is 9.79. The summed E-state index contributed by atoms with van der Waals surface area (Å²) in [5.74, 6) is 1.21. The molecule has 30 heavy (non-hydrogen) atoms. The number of sulfonamides is 1. The Bertz CT molecular complexity index is 1190. The summed E-state index contributed by atoms with van der Waals surface area (Å²) < 4.78 is 38.2. The Morgan fingerprint density at radius 2 is 2.13 bits per heavy atom. The Hall–Kier alpha value is -2.71. The zero-order valence-electron chi connectivity index (χ0n) is 16.7. The van der Waals surface area contributed by atoms with E-state index in [0.717, 1.165) is 36.0 Å². The van der Waals surface area contributed by atoms with Crippen LogP contribution in [0.5, 0.6) is 5.88 Å². The van der Waals surface area contributed by atoms with Crippen LogP contribution in [0.1, 0.15) is 36.4 Å². The quantitative estimate of drug-likeness (QED) is 0.678. The molecule has 0 unspecified atom stereocenters. The number of hydrogen-bond acceptors (Lipinski definition) is 6. The van der Waals surface area contributed by atoms with Crippen LogP contribution in [0, 0.1) is 0 Å². The molecule has 0 amide bonds. The van der Waals surface area contributed by atoms with Gasteiger partial charge in [0.25, 0.3) is 0 Å². The molecular formula is C22H23N3O4S. The van der Waals surface area contributed by atoms with E-state index >= 15 is 0 Å². The van der Waals surface area contributed by atoms with Crippen LogP contribution < -0.4 is 9.46 Å². The summed E-state index contributed by atoms with van der Waals surface area (Å²) in [7, 11) is -3.28. The number of nitrogens with one attached hydrogen (secondary N) is 1. The topological polar surface area (TPSA) is 94.3 Å². The molecule has 8 heteroatoms. The molecule has 0 radical (unpaired) electrons. The molecule has 1 saturated carbocycles. The first kappa shape index (κ1) is 19.3. The fraction of sp³-hybridized carbons (Fsp3) is 0.364. The molecule has 3 heterocycles. The van der Waals surface area contributed by atoms with Crippen molar-refractivity contribution in [3.05, 3.63) is 66.0 Å². The lowest BCUT2D eigenvalue weighted by Gasteiger charge is -2.26. The summed E-state index contributed by atoms with van der Waals surface area (Å²) in [6.45, 7) is 0.258. The molecule has 1 spiro atoms. The lowest BCUT2D eigenvalue weighted by molar-refractivity contribution is 0.290. The first-order valence-corrected chi connectivity index (χ1v) is 11.9. The molecule has 1 N–H and O–H groups in total. The number of rotatable bonds is 2. The molecule has 156 valence electrons. The van der Waals surface area contributed by atoms with Gasteiger partial charge in [0.2, 0.25) is 21.8 Å². The summed E-state index contributed by atoms with van der Waals surface area (Å²) in [4.78, 5) is 9.12. The molecule has 7 nitrogen and oxygen atoms in total. The number of benzene rings is 1. The van der Waals surface area contributed by atoms with Gasteiger partial charge >= 0.3 is 0 Å². The maximum Gasteiger partial charge on any atom is 0.221 e. The number of ether oxygens (including phenoxy) is 1. The first-order chi connectivity index (χ1) is 14.4. The summed E-state index contributed by atoms with van der Waals surface area (Å²) in [6, 6.07) is 12.1. The van der Waals surface area contributed by atoms with Gasteiger partial charge in [-0.25, -0.2) is 23.1 Å². The highest BCUT2D eigenvalue weighted by Crippen LogP contribution is 2.44. The van der Waals surface area contributed by atoms with Crippen LogP contribution >= 0.6 is 0 Å². The Kier molecular flexibility index (Phi) is 4.63. The first-order valence-electron chi connectivity index (χ1n) is 10.00. The molecule has 2 atom stereocenters. The van der Waals surface area contributed by atoms with Crippen LogP contribution in [-0.2, 0) is 28.5 Å². The Labute approximate surface area is 175 Å². The summed E-state index contributed by atoms with van der Waals surface area (Å²) in [5.41, 5.74) is 3.45. The molecule has 0 saturated heterocycles. The van der Waals surface area contributed by atoms with Crippen molar-refractivity contribution in [1.29, 1.82) is 0 Å². The van der Waals surface area contributed by atoms with E-state index in [1.165, 1.54) is 6.26 Å². The average Bonchev–Trinajstić information content (AvgIpc) is 3.33. The van der Waals surface area contributed by atoms with Crippen molar-refractivity contribution in [2.75, 3.05) is 6.26 Å². The van der Waals surface area contributed by atoms with Crippen LogP contribution in [-0.4, -0.2) is 30.7 Å². The van der Waals surface area contributed by atoms with Crippen LogP contribution in [0.4, 0.5) is 0 Å². The van der Waals surface area contributed by atoms with Crippen molar-refractivity contribution in [2.45, 2.75) is 43.7 Å². The third kappa shape index (κ3) is 3.73. The zero-order valence-corrected chi connectivity index (χ0v) is 17.5. The molecule has 1 aromatic carbocycles. The smallest absolute Gasteiger partial charge is 0.221 e. The summed E-state index contributed by atoms with van der Waals surface area (Å²) in [5, 5.41) is 0. The largest absolute Gasteiger partial charge is 0.471 e. The molecule has 2 aromatic heterocycles. The number of hydrogen-bond donors (Lipinski definition) is 1. The summed E-state index contributed by atoms with van der Waals surface area (Å²) >= 11 is 0. The Balaban J connectivity index is 1.58. The van der Waals surface area contributed by atoms with E-state index in [9.17, 15) is 8.42 Å². The minimum Gasteiger partial charge on any atom is -0.471 e. The second kappa shape index (κ2) is 7.21. The highest BCUT2D eigenvalue weighted by atomic mass is 32.2. The molecular weight excluding hydrogens is 402 g/mol. The lowest BCUT2D eigenvalue weighted by Crippen LogP contribution is -2.35. The van der Waals surface area contributed by atoms with Gasteiger partial charge in [-0.05, 0) is 48.9 Å². The van der Waals surface area contributed by atoms with Gasteiger partial charge in [-0.15, -0.1) is 0 Å². The molecule has 5 rings (SSSR count). The number of oxazole rings is 1. The van der Waals surface area contributed by atoms with Crippen molar-refractivity contribution in [2.24, 2.45) is 0 Å². The van der Waals surface area contributed by atoms with E-state index in [1.54, 1.807) is 12.5 Å². The number of pyridine rings is 1. The zero-order chi connectivity index (χ0) is 20.8. The van der Waals surface area contributed by atoms with Crippen molar-refractivity contribution >= 4 is 10.0 Å².